The van der Waals surface area contributed by atoms with Crippen LogP contribution >= 0.6 is 0 Å². The van der Waals surface area contributed by atoms with Crippen molar-refractivity contribution in [3.8, 4) is 0 Å². The number of carbonyl (C=O) groups excluding carboxylic acids is 2. The molecule has 2 rings (SSSR count). The van der Waals surface area contributed by atoms with E-state index in [2.05, 4.69) is 0 Å². The van der Waals surface area contributed by atoms with Crippen molar-refractivity contribution in [1.82, 2.24) is 4.90 Å². The molecular weight excluding hydrogens is 260 g/mol. The normalized spacial score (nSPS) is 16.5. The number of carboxylic acids is 1. The minimum atomic E-state index is -1.53. The Labute approximate surface area is 116 Å². The van der Waals surface area contributed by atoms with Gasteiger partial charge in [0.25, 0.3) is 0 Å². The van der Waals surface area contributed by atoms with E-state index in [1.165, 1.54) is 13.8 Å². The standard InChI is InChI=1S/C14H16N2O4/c1-14(2,13(19)20)16-11(17)8-15(9-12(16)18)10-6-4-3-5-7-10/h3-7H,8-9H2,1-2H3,(H,19,20). The first-order chi connectivity index (χ1) is 9.34. The highest BCUT2D eigenvalue weighted by Crippen LogP contribution is 2.22. The Hall–Kier alpha value is -2.37. The van der Waals surface area contributed by atoms with Crippen LogP contribution in [0.5, 0.6) is 0 Å². The maximum absolute atomic E-state index is 12.1. The van der Waals surface area contributed by atoms with Gasteiger partial charge < -0.3 is 10.0 Å². The number of benzene rings is 1. The molecule has 0 unspecified atom stereocenters. The summed E-state index contributed by atoms with van der Waals surface area (Å²) in [5, 5.41) is 9.15. The van der Waals surface area contributed by atoms with E-state index in [4.69, 9.17) is 5.11 Å². The van der Waals surface area contributed by atoms with Gasteiger partial charge in [-0.1, -0.05) is 18.2 Å². The first-order valence-electron chi connectivity index (χ1n) is 6.23. The van der Waals surface area contributed by atoms with Crippen LogP contribution in [0.25, 0.3) is 0 Å². The molecule has 0 aliphatic carbocycles. The van der Waals surface area contributed by atoms with Crippen molar-refractivity contribution in [3.05, 3.63) is 30.3 Å². The quantitative estimate of drug-likeness (QED) is 0.823. The topological polar surface area (TPSA) is 77.9 Å². The lowest BCUT2D eigenvalue weighted by molar-refractivity contribution is -0.164. The van der Waals surface area contributed by atoms with E-state index in [0.717, 1.165) is 10.6 Å². The average Bonchev–Trinajstić information content (AvgIpc) is 2.38. The lowest BCUT2D eigenvalue weighted by atomic mass is 10.0. The summed E-state index contributed by atoms with van der Waals surface area (Å²) in [6.45, 7) is 2.69. The zero-order chi connectivity index (χ0) is 14.9. The molecule has 1 aromatic rings. The minimum absolute atomic E-state index is 0.00748. The first-order valence-corrected chi connectivity index (χ1v) is 6.23. The number of carbonyl (C=O) groups is 3. The minimum Gasteiger partial charge on any atom is -0.480 e. The molecular formula is C14H16N2O4. The van der Waals surface area contributed by atoms with E-state index in [1.54, 1.807) is 17.0 Å². The molecule has 6 heteroatoms. The predicted octanol–water partition coefficient (Wildman–Crippen LogP) is 0.725. The van der Waals surface area contributed by atoms with Gasteiger partial charge in [0.15, 0.2) is 0 Å². The van der Waals surface area contributed by atoms with Crippen LogP contribution in [-0.4, -0.2) is 46.4 Å². The molecule has 0 aromatic heterocycles. The molecule has 0 atom stereocenters. The number of imide groups is 1. The van der Waals surface area contributed by atoms with Gasteiger partial charge in [0, 0.05) is 5.69 Å². The third-order valence-electron chi connectivity index (χ3n) is 3.35. The van der Waals surface area contributed by atoms with Crippen molar-refractivity contribution in [1.29, 1.82) is 0 Å². The molecule has 106 valence electrons. The number of hydrogen-bond acceptors (Lipinski definition) is 4. The number of nitrogens with zero attached hydrogens (tertiary/aromatic N) is 2. The maximum atomic E-state index is 12.1. The van der Waals surface area contributed by atoms with E-state index in [9.17, 15) is 14.4 Å². The van der Waals surface area contributed by atoms with Crippen molar-refractivity contribution < 1.29 is 19.5 Å². The fourth-order valence-corrected chi connectivity index (χ4v) is 2.20. The van der Waals surface area contributed by atoms with Crippen LogP contribution in [0.1, 0.15) is 13.8 Å². The second-order valence-electron chi connectivity index (χ2n) is 5.18. The second kappa shape index (κ2) is 4.96. The van der Waals surface area contributed by atoms with Crippen LogP contribution in [0.2, 0.25) is 0 Å². The first kappa shape index (κ1) is 14.0. The van der Waals surface area contributed by atoms with E-state index in [1.807, 2.05) is 18.2 Å². The Kier molecular flexibility index (Phi) is 3.48. The summed E-state index contributed by atoms with van der Waals surface area (Å²) in [6.07, 6.45) is 0. The lowest BCUT2D eigenvalue weighted by Crippen LogP contribution is -2.63. The average molecular weight is 276 g/mol. The van der Waals surface area contributed by atoms with Gasteiger partial charge in [-0.15, -0.1) is 0 Å². The van der Waals surface area contributed by atoms with Crippen molar-refractivity contribution >= 4 is 23.5 Å². The molecule has 1 fully saturated rings. The highest BCUT2D eigenvalue weighted by Gasteiger charge is 2.45. The summed E-state index contributed by atoms with van der Waals surface area (Å²) in [5.74, 6) is -2.21. The van der Waals surface area contributed by atoms with Gasteiger partial charge in [-0.2, -0.15) is 0 Å². The SMILES string of the molecule is CC(C)(C(=O)O)N1C(=O)CN(c2ccccc2)CC1=O. The molecule has 0 spiro atoms. The van der Waals surface area contributed by atoms with Crippen molar-refractivity contribution in [2.45, 2.75) is 19.4 Å². The Bertz CT molecular complexity index is 536. The lowest BCUT2D eigenvalue weighted by Gasteiger charge is -2.40. The summed E-state index contributed by atoms with van der Waals surface area (Å²) in [6, 6.07) is 9.09. The molecule has 20 heavy (non-hydrogen) atoms. The molecule has 1 aliphatic rings. The molecule has 2 amide bonds. The van der Waals surface area contributed by atoms with Gasteiger partial charge in [-0.25, -0.2) is 4.79 Å². The van der Waals surface area contributed by atoms with E-state index in [-0.39, 0.29) is 13.1 Å². The summed E-state index contributed by atoms with van der Waals surface area (Å²) in [4.78, 5) is 38.0. The molecule has 1 saturated heterocycles. The smallest absolute Gasteiger partial charge is 0.329 e. The third kappa shape index (κ3) is 2.36. The number of rotatable bonds is 3. The largest absolute Gasteiger partial charge is 0.480 e. The Morgan fingerprint density at radius 3 is 2.05 bits per heavy atom. The Balaban J connectivity index is 2.24. The summed E-state index contributed by atoms with van der Waals surface area (Å²) >= 11 is 0. The van der Waals surface area contributed by atoms with Crippen LogP contribution in [0.3, 0.4) is 0 Å². The zero-order valence-electron chi connectivity index (χ0n) is 11.4. The molecule has 1 aromatic carbocycles. The van der Waals surface area contributed by atoms with Crippen molar-refractivity contribution in [2.75, 3.05) is 18.0 Å². The fourth-order valence-electron chi connectivity index (χ4n) is 2.20. The Morgan fingerprint density at radius 2 is 1.60 bits per heavy atom. The molecule has 6 nitrogen and oxygen atoms in total. The number of para-hydroxylation sites is 1. The van der Waals surface area contributed by atoms with E-state index < -0.39 is 23.3 Å². The monoisotopic (exact) mass is 276 g/mol. The number of amides is 2. The number of aliphatic carboxylic acids is 1. The van der Waals surface area contributed by atoms with E-state index >= 15 is 0 Å². The Morgan fingerprint density at radius 1 is 1.10 bits per heavy atom. The van der Waals surface area contributed by atoms with Gasteiger partial charge in [0.1, 0.15) is 5.54 Å². The fraction of sp³-hybridized carbons (Fsp3) is 0.357. The summed E-state index contributed by atoms with van der Waals surface area (Å²) in [5.41, 5.74) is -0.765. The molecule has 0 saturated carbocycles. The van der Waals surface area contributed by atoms with Crippen LogP contribution in [0.15, 0.2) is 30.3 Å². The van der Waals surface area contributed by atoms with Gasteiger partial charge >= 0.3 is 5.97 Å². The molecule has 1 heterocycles. The number of hydrogen-bond donors (Lipinski definition) is 1. The molecule has 1 N–H and O–H groups in total. The van der Waals surface area contributed by atoms with Gasteiger partial charge in [-0.05, 0) is 26.0 Å². The molecule has 0 bridgehead atoms. The highest BCUT2D eigenvalue weighted by atomic mass is 16.4. The van der Waals surface area contributed by atoms with Crippen LogP contribution in [-0.2, 0) is 14.4 Å². The van der Waals surface area contributed by atoms with Crippen molar-refractivity contribution in [3.63, 3.8) is 0 Å². The molecule has 1 aliphatic heterocycles. The second-order valence-corrected chi connectivity index (χ2v) is 5.18. The van der Waals surface area contributed by atoms with E-state index in [0.29, 0.717) is 0 Å². The number of carboxylic acid groups (broad SMARTS) is 1. The summed E-state index contributed by atoms with van der Waals surface area (Å²) < 4.78 is 0. The van der Waals surface area contributed by atoms with Gasteiger partial charge in [0.2, 0.25) is 11.8 Å². The highest BCUT2D eigenvalue weighted by molar-refractivity contribution is 6.06. The van der Waals surface area contributed by atoms with Crippen LogP contribution < -0.4 is 4.90 Å². The van der Waals surface area contributed by atoms with Gasteiger partial charge in [-0.3, -0.25) is 14.5 Å². The van der Waals surface area contributed by atoms with Crippen molar-refractivity contribution in [2.24, 2.45) is 0 Å². The zero-order valence-corrected chi connectivity index (χ0v) is 11.4. The number of piperazine rings is 1. The third-order valence-corrected chi connectivity index (χ3v) is 3.35. The van der Waals surface area contributed by atoms with Gasteiger partial charge in [0.05, 0.1) is 13.1 Å². The predicted molar refractivity (Wildman–Crippen MR) is 72.2 cm³/mol. The molecule has 0 radical (unpaired) electrons. The number of anilines is 1. The maximum Gasteiger partial charge on any atom is 0.329 e. The van der Waals surface area contributed by atoms with Crippen LogP contribution in [0, 0.1) is 0 Å². The summed E-state index contributed by atoms with van der Waals surface area (Å²) in [7, 11) is 0. The van der Waals surface area contributed by atoms with Crippen LogP contribution in [0.4, 0.5) is 5.69 Å².